The number of nitrogens with two attached hydrogens (primary N) is 1. The molecular formula is C31H63NNaO12P2. The van der Waals surface area contributed by atoms with Crippen LogP contribution in [-0.2, 0) is 9.13 Å². The molecule has 13 nitrogen and oxygen atoms in total. The molecule has 0 saturated heterocycles. The zero-order valence-corrected chi connectivity index (χ0v) is 32.8. The molecule has 0 spiro atoms. The van der Waals surface area contributed by atoms with Crippen molar-refractivity contribution >= 4 is 44.7 Å². The quantitative estimate of drug-likeness (QED) is 0.114. The molecule has 0 aliphatic heterocycles. The van der Waals surface area contributed by atoms with Crippen LogP contribution in [0.15, 0.2) is 35.5 Å². The Hall–Kier alpha value is 0.240. The maximum absolute atomic E-state index is 10.7. The largest absolute Gasteiger partial charge is 0.412 e. The third kappa shape index (κ3) is 14.1. The molecule has 0 heterocycles. The molecule has 3 rings (SSSR count). The second-order valence-corrected chi connectivity index (χ2v) is 18.0. The molecule has 0 unspecified atom stereocenters. The van der Waals surface area contributed by atoms with Crippen molar-refractivity contribution in [1.82, 2.24) is 0 Å². The maximum atomic E-state index is 10.7. The number of fused-ring (bicyclic) bond motifs is 1. The van der Waals surface area contributed by atoms with Crippen LogP contribution in [0.25, 0.3) is 0 Å². The number of allylic oxidation sites excluding steroid dienone is 4. The monoisotopic (exact) mass is 726 g/mol. The van der Waals surface area contributed by atoms with Gasteiger partial charge in [-0.25, -0.2) is 0 Å². The minimum absolute atomic E-state index is 0. The van der Waals surface area contributed by atoms with E-state index in [1.54, 1.807) is 5.57 Å². The molecule has 3 saturated carbocycles. The van der Waals surface area contributed by atoms with Crippen molar-refractivity contribution in [2.24, 2.45) is 28.9 Å². The van der Waals surface area contributed by atoms with E-state index in [9.17, 15) is 24.4 Å². The molecule has 0 aromatic rings. The topological polar surface area (TPSA) is 296 Å². The van der Waals surface area contributed by atoms with Crippen molar-refractivity contribution in [3.8, 4) is 0 Å². The molecule has 0 bridgehead atoms. The Morgan fingerprint density at radius 2 is 1.55 bits per heavy atom. The first-order valence-corrected chi connectivity index (χ1v) is 18.9. The average molecular weight is 727 g/mol. The zero-order chi connectivity index (χ0) is 32.9. The molecule has 275 valence electrons. The summed E-state index contributed by atoms with van der Waals surface area (Å²) >= 11 is 0. The summed E-state index contributed by atoms with van der Waals surface area (Å²) in [6, 6.07) is 0. The SMILES string of the molecule is C=C1CC[C@H](O)C/C1=C/C=C1\CCC[C@]2(C)[C@@H]([C@H](C)CCCC(C)(C)O)CC[C@@H]12.NCCCC(O)(P(=O)(O)O)P(=O)(O)O.O.O.O.[Na]. The van der Waals surface area contributed by atoms with E-state index in [2.05, 4.69) is 32.6 Å². The van der Waals surface area contributed by atoms with E-state index in [-0.39, 0.29) is 65.1 Å². The van der Waals surface area contributed by atoms with E-state index in [1.807, 2.05) is 13.8 Å². The molecular weight excluding hydrogens is 663 g/mol. The Labute approximate surface area is 302 Å². The standard InChI is InChI=1S/C27H44O2.C4H13NO7P2.Na.3H2O/c1-19-10-13-23(28)18-22(19)12-11-21-9-7-17-27(5)24(14-15-25(21)27)20(2)8-6-16-26(3,4)29;5-3-1-2-4(6,13(7,8)9)14(10,11)12;;;;/h11-12,20,23-25,28-29H,1,6-10,13-18H2,2-5H3;6H,1-3,5H2,(H2,7,8,9)(H2,10,11,12);;3*1H2/b21-11+,22-12-;;;;;/t20-,23+,24-,25+,27-;;;;;/m1...../s1. The molecule has 0 amide bonds. The summed E-state index contributed by atoms with van der Waals surface area (Å²) in [6.45, 7) is 13.1. The molecule has 1 radical (unpaired) electrons. The van der Waals surface area contributed by atoms with Crippen molar-refractivity contribution in [2.45, 2.75) is 128 Å². The van der Waals surface area contributed by atoms with Crippen LogP contribution in [0.3, 0.4) is 0 Å². The molecule has 47 heavy (non-hydrogen) atoms. The van der Waals surface area contributed by atoms with E-state index in [0.29, 0.717) is 5.41 Å². The van der Waals surface area contributed by atoms with E-state index >= 15 is 0 Å². The van der Waals surface area contributed by atoms with Crippen LogP contribution in [0.4, 0.5) is 0 Å². The van der Waals surface area contributed by atoms with Crippen LogP contribution in [0, 0.1) is 23.2 Å². The summed E-state index contributed by atoms with van der Waals surface area (Å²) in [5.41, 5.74) is 9.02. The summed E-state index contributed by atoms with van der Waals surface area (Å²) in [4.78, 5) is 34.5. The smallest absolute Gasteiger partial charge is 0.369 e. The van der Waals surface area contributed by atoms with Gasteiger partial charge in [-0.3, -0.25) is 9.13 Å². The molecule has 15 N–H and O–H groups in total. The first-order chi connectivity index (χ1) is 19.7. The van der Waals surface area contributed by atoms with E-state index < -0.39 is 32.3 Å². The molecule has 0 aromatic carbocycles. The fraction of sp³-hybridized carbons (Fsp3) is 0.806. The van der Waals surface area contributed by atoms with Gasteiger partial charge in [0.15, 0.2) is 0 Å². The Kier molecular flexibility index (Phi) is 23.0. The summed E-state index contributed by atoms with van der Waals surface area (Å²) in [7, 11) is -10.6. The Morgan fingerprint density at radius 1 is 0.979 bits per heavy atom. The van der Waals surface area contributed by atoms with Crippen molar-refractivity contribution in [1.29, 1.82) is 0 Å². The van der Waals surface area contributed by atoms with Crippen molar-refractivity contribution in [3.63, 3.8) is 0 Å². The van der Waals surface area contributed by atoms with Crippen molar-refractivity contribution in [2.75, 3.05) is 6.54 Å². The molecule has 3 aliphatic carbocycles. The van der Waals surface area contributed by atoms with E-state index in [0.717, 1.165) is 49.9 Å². The van der Waals surface area contributed by atoms with Crippen LogP contribution < -0.4 is 5.73 Å². The van der Waals surface area contributed by atoms with Gasteiger partial charge in [0.2, 0.25) is 0 Å². The molecule has 3 aliphatic rings. The predicted molar refractivity (Wildman–Crippen MR) is 187 cm³/mol. The van der Waals surface area contributed by atoms with Gasteiger partial charge in [0, 0.05) is 36.0 Å². The fourth-order valence-electron chi connectivity index (χ4n) is 7.47. The molecule has 16 heteroatoms. The van der Waals surface area contributed by atoms with E-state index in [1.165, 1.54) is 49.7 Å². The van der Waals surface area contributed by atoms with Gasteiger partial charge in [-0.1, -0.05) is 56.6 Å². The zero-order valence-electron chi connectivity index (χ0n) is 29.0. The number of hydrogen-bond donors (Lipinski definition) is 8. The first kappa shape index (κ1) is 51.6. The van der Waals surface area contributed by atoms with Crippen LogP contribution in [0.1, 0.15) is 111 Å². The van der Waals surface area contributed by atoms with Crippen molar-refractivity contribution in [3.05, 3.63) is 35.5 Å². The Bertz CT molecular complexity index is 1090. The molecule has 5 atom stereocenters. The van der Waals surface area contributed by atoms with Gasteiger partial charge < -0.3 is 57.1 Å². The summed E-state index contributed by atoms with van der Waals surface area (Å²) in [5.74, 6) is 2.26. The van der Waals surface area contributed by atoms with Crippen molar-refractivity contribution < 1.29 is 60.5 Å². The molecule has 0 aromatic heterocycles. The normalized spacial score (nSPS) is 27.2. The Morgan fingerprint density at radius 3 is 2.06 bits per heavy atom. The minimum Gasteiger partial charge on any atom is -0.412 e. The van der Waals surface area contributed by atoms with Gasteiger partial charge in [-0.15, -0.1) is 0 Å². The van der Waals surface area contributed by atoms with Crippen LogP contribution in [0.2, 0.25) is 0 Å². The van der Waals surface area contributed by atoms with Gasteiger partial charge in [0.25, 0.3) is 5.08 Å². The van der Waals surface area contributed by atoms with Crippen LogP contribution in [0.5, 0.6) is 0 Å². The summed E-state index contributed by atoms with van der Waals surface area (Å²) < 4.78 is 21.4. The van der Waals surface area contributed by atoms with Gasteiger partial charge in [-0.05, 0) is 113 Å². The van der Waals surface area contributed by atoms with E-state index in [4.69, 9.17) is 25.3 Å². The fourth-order valence-corrected chi connectivity index (χ4v) is 9.72. The number of aliphatic hydroxyl groups excluding tert-OH is 1. The number of rotatable bonds is 11. The maximum Gasteiger partial charge on any atom is 0.369 e. The second-order valence-electron chi connectivity index (χ2n) is 14.0. The molecule has 3 fully saturated rings. The van der Waals surface area contributed by atoms with Gasteiger partial charge in [0.05, 0.1) is 11.7 Å². The van der Waals surface area contributed by atoms with Gasteiger partial charge in [-0.2, -0.15) is 0 Å². The first-order valence-electron chi connectivity index (χ1n) is 15.7. The van der Waals surface area contributed by atoms with Gasteiger partial charge >= 0.3 is 15.2 Å². The Balaban J connectivity index is -0.000000931. The summed E-state index contributed by atoms with van der Waals surface area (Å²) in [6.07, 6.45) is 16.0. The minimum atomic E-state index is -5.30. The van der Waals surface area contributed by atoms with Crippen LogP contribution >= 0.6 is 15.2 Å². The summed E-state index contributed by atoms with van der Waals surface area (Å²) in [5, 5.41) is 26.0. The van der Waals surface area contributed by atoms with Crippen LogP contribution in [-0.4, -0.2) is 104 Å². The predicted octanol–water partition coefficient (Wildman–Crippen LogP) is 2.61. The third-order valence-electron chi connectivity index (χ3n) is 10.0. The number of hydrogen-bond acceptors (Lipinski definition) is 6. The third-order valence-corrected chi connectivity index (χ3v) is 13.9. The average Bonchev–Trinajstić information content (AvgIpc) is 3.23. The number of aliphatic hydroxyl groups is 3. The van der Waals surface area contributed by atoms with Gasteiger partial charge in [0.1, 0.15) is 0 Å². The second kappa shape index (κ2) is 20.9.